The first-order chi connectivity index (χ1) is 7.38. The van der Waals surface area contributed by atoms with Crippen LogP contribution in [0.15, 0.2) is 12.1 Å². The summed E-state index contributed by atoms with van der Waals surface area (Å²) >= 11 is 23.4. The predicted octanol–water partition coefficient (Wildman–Crippen LogP) is 4.41. The molecule has 90 valence electrons. The normalized spacial score (nSPS) is 11.6. The van der Waals surface area contributed by atoms with Gasteiger partial charge >= 0.3 is 0 Å². The van der Waals surface area contributed by atoms with Crippen molar-refractivity contribution in [3.05, 3.63) is 22.8 Å². The predicted molar refractivity (Wildman–Crippen MR) is 72.0 cm³/mol. The molecule has 0 unspecified atom stereocenters. The molecule has 1 heterocycles. The summed E-state index contributed by atoms with van der Waals surface area (Å²) < 4.78 is -1.48. The van der Waals surface area contributed by atoms with E-state index in [1.54, 1.807) is 12.1 Å². The van der Waals surface area contributed by atoms with Crippen molar-refractivity contribution in [2.75, 3.05) is 18.0 Å². The molecule has 1 rings (SSSR count). The van der Waals surface area contributed by atoms with Crippen molar-refractivity contribution < 1.29 is 0 Å². The molecule has 0 aromatic carbocycles. The third-order valence-electron chi connectivity index (χ3n) is 2.20. The number of rotatable bonds is 3. The van der Waals surface area contributed by atoms with Gasteiger partial charge in [-0.05, 0) is 26.0 Å². The fourth-order valence-corrected chi connectivity index (χ4v) is 1.89. The van der Waals surface area contributed by atoms with E-state index in [0.717, 1.165) is 18.9 Å². The highest BCUT2D eigenvalue weighted by Gasteiger charge is 2.24. The molecule has 0 aliphatic heterocycles. The summed E-state index contributed by atoms with van der Waals surface area (Å²) in [5.41, 5.74) is 0.527. The van der Waals surface area contributed by atoms with Gasteiger partial charge in [0, 0.05) is 18.7 Å². The van der Waals surface area contributed by atoms with Gasteiger partial charge in [0.1, 0.15) is 11.0 Å². The van der Waals surface area contributed by atoms with Crippen LogP contribution in [0.3, 0.4) is 0 Å². The number of anilines is 1. The molecular weight excluding hydrogens is 290 g/mol. The van der Waals surface area contributed by atoms with E-state index in [1.165, 1.54) is 0 Å². The summed E-state index contributed by atoms with van der Waals surface area (Å²) in [6.07, 6.45) is 0. The van der Waals surface area contributed by atoms with E-state index in [0.29, 0.717) is 10.7 Å². The summed E-state index contributed by atoms with van der Waals surface area (Å²) in [6, 6.07) is 3.30. The molecule has 0 fully saturated rings. The van der Waals surface area contributed by atoms with E-state index in [2.05, 4.69) is 4.98 Å². The van der Waals surface area contributed by atoms with Crippen molar-refractivity contribution in [3.8, 4) is 0 Å². The van der Waals surface area contributed by atoms with Gasteiger partial charge < -0.3 is 4.90 Å². The van der Waals surface area contributed by atoms with Crippen LogP contribution in [-0.2, 0) is 3.79 Å². The lowest BCUT2D eigenvalue weighted by Crippen LogP contribution is -2.23. The van der Waals surface area contributed by atoms with Crippen LogP contribution in [-0.4, -0.2) is 18.1 Å². The maximum Gasteiger partial charge on any atom is 0.216 e. The molecule has 0 saturated heterocycles. The number of alkyl halides is 3. The van der Waals surface area contributed by atoms with Crippen LogP contribution in [0.4, 0.5) is 5.82 Å². The zero-order chi connectivity index (χ0) is 12.3. The Kier molecular flexibility index (Phi) is 4.99. The highest BCUT2D eigenvalue weighted by Crippen LogP contribution is 2.40. The molecule has 0 atom stereocenters. The van der Waals surface area contributed by atoms with Crippen LogP contribution in [0.5, 0.6) is 0 Å². The first kappa shape index (κ1) is 14.2. The standard InChI is InChI=1S/C10H12Cl4N2/c1-3-16(4-2)9-6-7(10(12,13)14)5-8(11)15-9/h5-6H,3-4H2,1-2H3. The molecule has 2 nitrogen and oxygen atoms in total. The Morgan fingerprint density at radius 2 is 1.75 bits per heavy atom. The highest BCUT2D eigenvalue weighted by molar-refractivity contribution is 6.66. The van der Waals surface area contributed by atoms with Crippen LogP contribution in [0.25, 0.3) is 0 Å². The molecule has 0 amide bonds. The summed E-state index contributed by atoms with van der Waals surface area (Å²) in [7, 11) is 0. The van der Waals surface area contributed by atoms with Gasteiger partial charge in [0.25, 0.3) is 0 Å². The maximum absolute atomic E-state index is 5.90. The first-order valence-corrected chi connectivity index (χ1v) is 6.39. The number of hydrogen-bond donors (Lipinski definition) is 0. The zero-order valence-corrected chi connectivity index (χ0v) is 12.0. The van der Waals surface area contributed by atoms with Gasteiger partial charge in [0.05, 0.1) is 0 Å². The van der Waals surface area contributed by atoms with Gasteiger partial charge in [0.15, 0.2) is 0 Å². The molecule has 0 bridgehead atoms. The molecule has 1 aromatic rings. The molecule has 16 heavy (non-hydrogen) atoms. The average Bonchev–Trinajstić information content (AvgIpc) is 2.17. The van der Waals surface area contributed by atoms with Gasteiger partial charge in [-0.3, -0.25) is 0 Å². The third kappa shape index (κ3) is 3.56. The molecular formula is C10H12Cl4N2. The van der Waals surface area contributed by atoms with Crippen LogP contribution in [0.1, 0.15) is 19.4 Å². The van der Waals surface area contributed by atoms with Crippen LogP contribution < -0.4 is 4.90 Å². The van der Waals surface area contributed by atoms with Crippen molar-refractivity contribution in [1.82, 2.24) is 4.98 Å². The van der Waals surface area contributed by atoms with E-state index in [4.69, 9.17) is 46.4 Å². The smallest absolute Gasteiger partial charge is 0.216 e. The van der Waals surface area contributed by atoms with Crippen molar-refractivity contribution in [1.29, 1.82) is 0 Å². The number of aromatic nitrogens is 1. The summed E-state index contributed by atoms with van der Waals surface area (Å²) in [6.45, 7) is 5.70. The first-order valence-electron chi connectivity index (χ1n) is 4.88. The third-order valence-corrected chi connectivity index (χ3v) is 3.04. The second-order valence-electron chi connectivity index (χ2n) is 3.21. The fourth-order valence-electron chi connectivity index (χ4n) is 1.36. The highest BCUT2D eigenvalue weighted by atomic mass is 35.6. The summed E-state index contributed by atoms with van der Waals surface area (Å²) in [4.78, 5) is 6.24. The van der Waals surface area contributed by atoms with Gasteiger partial charge in [-0.1, -0.05) is 46.4 Å². The molecule has 6 heteroatoms. The Bertz CT molecular complexity index is 358. The number of hydrogen-bond acceptors (Lipinski definition) is 2. The van der Waals surface area contributed by atoms with E-state index in [9.17, 15) is 0 Å². The van der Waals surface area contributed by atoms with Gasteiger partial charge in [-0.15, -0.1) is 0 Å². The largest absolute Gasteiger partial charge is 0.357 e. The average molecular weight is 302 g/mol. The minimum absolute atomic E-state index is 0.325. The lowest BCUT2D eigenvalue weighted by atomic mass is 10.3. The Balaban J connectivity index is 3.17. The second kappa shape index (κ2) is 5.63. The minimum atomic E-state index is -1.48. The van der Waals surface area contributed by atoms with Crippen molar-refractivity contribution >= 4 is 52.2 Å². The number of pyridine rings is 1. The quantitative estimate of drug-likeness (QED) is 0.607. The summed E-state index contributed by atoms with van der Waals surface area (Å²) in [5.74, 6) is 0.721. The molecule has 0 aliphatic rings. The SMILES string of the molecule is CCN(CC)c1cc(C(Cl)(Cl)Cl)cc(Cl)n1. The molecule has 1 aromatic heterocycles. The van der Waals surface area contributed by atoms with Gasteiger partial charge in [-0.2, -0.15) is 0 Å². The molecule has 0 spiro atoms. The Hall–Kier alpha value is 0.110. The lowest BCUT2D eigenvalue weighted by molar-refractivity contribution is 0.844. The van der Waals surface area contributed by atoms with Gasteiger partial charge in [-0.25, -0.2) is 4.98 Å². The Labute approximate surface area is 115 Å². The monoisotopic (exact) mass is 300 g/mol. The zero-order valence-electron chi connectivity index (χ0n) is 8.98. The summed E-state index contributed by atoms with van der Waals surface area (Å²) in [5, 5.41) is 0.325. The molecule has 0 saturated carbocycles. The van der Waals surface area contributed by atoms with E-state index in [1.807, 2.05) is 18.7 Å². The number of halogens is 4. The van der Waals surface area contributed by atoms with E-state index >= 15 is 0 Å². The fraction of sp³-hybridized carbons (Fsp3) is 0.500. The number of nitrogens with zero attached hydrogens (tertiary/aromatic N) is 2. The van der Waals surface area contributed by atoms with Crippen LogP contribution >= 0.6 is 46.4 Å². The van der Waals surface area contributed by atoms with Crippen molar-refractivity contribution in [2.24, 2.45) is 0 Å². The lowest BCUT2D eigenvalue weighted by Gasteiger charge is -2.22. The van der Waals surface area contributed by atoms with E-state index in [-0.39, 0.29) is 0 Å². The van der Waals surface area contributed by atoms with Crippen LogP contribution in [0.2, 0.25) is 5.15 Å². The molecule has 0 radical (unpaired) electrons. The van der Waals surface area contributed by atoms with Crippen molar-refractivity contribution in [2.45, 2.75) is 17.6 Å². The molecule has 0 aliphatic carbocycles. The van der Waals surface area contributed by atoms with E-state index < -0.39 is 3.79 Å². The van der Waals surface area contributed by atoms with Crippen LogP contribution in [0, 0.1) is 0 Å². The Morgan fingerprint density at radius 1 is 1.19 bits per heavy atom. The topological polar surface area (TPSA) is 16.1 Å². The second-order valence-corrected chi connectivity index (χ2v) is 5.88. The Morgan fingerprint density at radius 3 is 2.19 bits per heavy atom. The maximum atomic E-state index is 5.90. The minimum Gasteiger partial charge on any atom is -0.357 e. The van der Waals surface area contributed by atoms with Gasteiger partial charge in [0.2, 0.25) is 3.79 Å². The molecule has 0 N–H and O–H groups in total. The van der Waals surface area contributed by atoms with Crippen molar-refractivity contribution in [3.63, 3.8) is 0 Å².